The van der Waals surface area contributed by atoms with Crippen LogP contribution in [0.15, 0.2) is 29.2 Å². The molecule has 0 unspecified atom stereocenters. The van der Waals surface area contributed by atoms with Gasteiger partial charge in [-0.05, 0) is 43.5 Å². The second-order valence-electron chi connectivity index (χ2n) is 6.49. The summed E-state index contributed by atoms with van der Waals surface area (Å²) in [5.74, 6) is -0.763. The second-order valence-corrected chi connectivity index (χ2v) is 8.43. The van der Waals surface area contributed by atoms with E-state index in [1.807, 2.05) is 12.1 Å². The topological polar surface area (TPSA) is 77.9 Å². The summed E-state index contributed by atoms with van der Waals surface area (Å²) in [6.45, 7) is 5.29. The van der Waals surface area contributed by atoms with Crippen LogP contribution < -0.4 is 0 Å². The van der Waals surface area contributed by atoms with Crippen molar-refractivity contribution in [2.75, 3.05) is 32.7 Å². The second kappa shape index (κ2) is 9.31. The molecule has 140 valence electrons. The molecular weight excluding hydrogens is 340 g/mol. The predicted octanol–water partition coefficient (Wildman–Crippen LogP) is 2.20. The fourth-order valence-corrected chi connectivity index (χ4v) is 4.49. The average molecular weight is 368 g/mol. The van der Waals surface area contributed by atoms with E-state index in [1.54, 1.807) is 16.4 Å². The maximum Gasteiger partial charge on any atom is 0.303 e. The highest BCUT2D eigenvalue weighted by molar-refractivity contribution is 7.89. The molecule has 1 aliphatic rings. The van der Waals surface area contributed by atoms with E-state index in [0.717, 1.165) is 31.4 Å². The zero-order valence-corrected chi connectivity index (χ0v) is 15.7. The van der Waals surface area contributed by atoms with Crippen LogP contribution in [0.25, 0.3) is 0 Å². The van der Waals surface area contributed by atoms with Gasteiger partial charge in [0, 0.05) is 32.6 Å². The molecule has 0 atom stereocenters. The molecule has 0 saturated carbocycles. The normalized spacial score (nSPS) is 16.8. The molecule has 0 aromatic heterocycles. The molecule has 1 fully saturated rings. The molecule has 0 bridgehead atoms. The van der Waals surface area contributed by atoms with Crippen LogP contribution in [0.5, 0.6) is 0 Å². The van der Waals surface area contributed by atoms with E-state index in [1.165, 1.54) is 0 Å². The van der Waals surface area contributed by atoms with Crippen LogP contribution in [0.3, 0.4) is 0 Å². The van der Waals surface area contributed by atoms with E-state index in [0.29, 0.717) is 37.5 Å². The lowest BCUT2D eigenvalue weighted by Gasteiger charge is -2.34. The Kier molecular flexibility index (Phi) is 7.40. The van der Waals surface area contributed by atoms with Crippen LogP contribution >= 0.6 is 0 Å². The van der Waals surface area contributed by atoms with Crippen LogP contribution in [-0.4, -0.2) is 61.4 Å². The van der Waals surface area contributed by atoms with Gasteiger partial charge in [0.2, 0.25) is 10.0 Å². The molecule has 1 saturated heterocycles. The monoisotopic (exact) mass is 368 g/mol. The lowest BCUT2D eigenvalue weighted by molar-refractivity contribution is -0.137. The highest BCUT2D eigenvalue weighted by Crippen LogP contribution is 2.19. The van der Waals surface area contributed by atoms with Gasteiger partial charge in [-0.15, -0.1) is 0 Å². The first-order valence-electron chi connectivity index (χ1n) is 8.96. The molecule has 7 heteroatoms. The van der Waals surface area contributed by atoms with Crippen LogP contribution in [-0.2, 0) is 21.2 Å². The van der Waals surface area contributed by atoms with Crippen LogP contribution in [0, 0.1) is 0 Å². The van der Waals surface area contributed by atoms with E-state index in [2.05, 4.69) is 11.8 Å². The number of unbranched alkanes of at least 4 members (excludes halogenated alkanes) is 1. The third-order valence-corrected chi connectivity index (χ3v) is 6.46. The van der Waals surface area contributed by atoms with Gasteiger partial charge in [0.25, 0.3) is 0 Å². The summed E-state index contributed by atoms with van der Waals surface area (Å²) in [6, 6.07) is 7.21. The van der Waals surface area contributed by atoms with E-state index < -0.39 is 16.0 Å². The molecule has 1 N–H and O–H groups in total. The number of hydrogen-bond donors (Lipinski definition) is 1. The first-order chi connectivity index (χ1) is 11.9. The largest absolute Gasteiger partial charge is 0.481 e. The highest BCUT2D eigenvalue weighted by Gasteiger charge is 2.28. The summed E-state index contributed by atoms with van der Waals surface area (Å²) in [7, 11) is -3.42. The third-order valence-electron chi connectivity index (χ3n) is 4.55. The lowest BCUT2D eigenvalue weighted by Crippen LogP contribution is -2.48. The van der Waals surface area contributed by atoms with Gasteiger partial charge >= 0.3 is 5.97 Å². The molecule has 2 rings (SSSR count). The van der Waals surface area contributed by atoms with Gasteiger partial charge in [-0.3, -0.25) is 4.79 Å². The number of carboxylic acids is 1. The molecule has 25 heavy (non-hydrogen) atoms. The zero-order valence-electron chi connectivity index (χ0n) is 14.9. The predicted molar refractivity (Wildman–Crippen MR) is 97.1 cm³/mol. The summed E-state index contributed by atoms with van der Waals surface area (Å²) in [5.41, 5.74) is 1.16. The third kappa shape index (κ3) is 5.80. The van der Waals surface area contributed by atoms with Crippen molar-refractivity contribution >= 4 is 16.0 Å². The van der Waals surface area contributed by atoms with Crippen molar-refractivity contribution in [2.24, 2.45) is 0 Å². The minimum atomic E-state index is -3.42. The average Bonchev–Trinajstić information content (AvgIpc) is 2.60. The van der Waals surface area contributed by atoms with E-state index >= 15 is 0 Å². The summed E-state index contributed by atoms with van der Waals surface area (Å²) in [5, 5.41) is 8.64. The van der Waals surface area contributed by atoms with Gasteiger partial charge in [0.15, 0.2) is 0 Å². The Morgan fingerprint density at radius 1 is 1.08 bits per heavy atom. The summed E-state index contributed by atoms with van der Waals surface area (Å²) >= 11 is 0. The lowest BCUT2D eigenvalue weighted by atomic mass is 10.1. The minimum Gasteiger partial charge on any atom is -0.481 e. The maximum absolute atomic E-state index is 12.7. The number of aryl methyl sites for hydroxylation is 1. The summed E-state index contributed by atoms with van der Waals surface area (Å²) in [6.07, 6.45) is 3.69. The van der Waals surface area contributed by atoms with Crippen molar-refractivity contribution in [1.29, 1.82) is 0 Å². The van der Waals surface area contributed by atoms with E-state index in [9.17, 15) is 13.2 Å². The fraction of sp³-hybridized carbons (Fsp3) is 0.611. The molecule has 1 aromatic rings. The fourth-order valence-electron chi connectivity index (χ4n) is 3.07. The Hall–Kier alpha value is -1.44. The van der Waals surface area contributed by atoms with E-state index in [4.69, 9.17) is 5.11 Å². The van der Waals surface area contributed by atoms with Gasteiger partial charge in [-0.25, -0.2) is 8.42 Å². The molecule has 6 nitrogen and oxygen atoms in total. The number of hydrogen-bond acceptors (Lipinski definition) is 4. The number of piperazine rings is 1. The summed E-state index contributed by atoms with van der Waals surface area (Å²) < 4.78 is 27.0. The van der Waals surface area contributed by atoms with Gasteiger partial charge in [-0.1, -0.05) is 25.5 Å². The standard InChI is InChI=1S/C18H28N2O4S/c1-2-5-16-7-9-17(10-8-16)25(23,24)20-14-12-19(13-15-20)11-4-3-6-18(21)22/h7-10H,2-6,11-15H2,1H3,(H,21,22). The Morgan fingerprint density at radius 2 is 1.72 bits per heavy atom. The van der Waals surface area contributed by atoms with E-state index in [-0.39, 0.29) is 6.42 Å². The number of nitrogens with zero attached hydrogens (tertiary/aromatic N) is 2. The number of carboxylic acid groups (broad SMARTS) is 1. The van der Waals surface area contributed by atoms with Gasteiger partial charge in [-0.2, -0.15) is 4.31 Å². The van der Waals surface area contributed by atoms with Crippen LogP contribution in [0.4, 0.5) is 0 Å². The van der Waals surface area contributed by atoms with Crippen molar-refractivity contribution in [3.8, 4) is 0 Å². The van der Waals surface area contributed by atoms with Gasteiger partial charge in [0.05, 0.1) is 4.90 Å². The Morgan fingerprint density at radius 3 is 2.28 bits per heavy atom. The Labute approximate surface area is 150 Å². The number of carbonyl (C=O) groups is 1. The zero-order chi connectivity index (χ0) is 18.3. The van der Waals surface area contributed by atoms with Crippen molar-refractivity contribution in [3.05, 3.63) is 29.8 Å². The highest BCUT2D eigenvalue weighted by atomic mass is 32.2. The van der Waals surface area contributed by atoms with Crippen molar-refractivity contribution in [1.82, 2.24) is 9.21 Å². The molecule has 0 spiro atoms. The van der Waals surface area contributed by atoms with Crippen molar-refractivity contribution in [2.45, 2.75) is 43.9 Å². The number of aliphatic carboxylic acids is 1. The summed E-state index contributed by atoms with van der Waals surface area (Å²) in [4.78, 5) is 13.1. The first-order valence-corrected chi connectivity index (χ1v) is 10.4. The Bertz CT molecular complexity index is 650. The first kappa shape index (κ1) is 19.9. The Balaban J connectivity index is 1.85. The van der Waals surface area contributed by atoms with Gasteiger partial charge in [0.1, 0.15) is 0 Å². The van der Waals surface area contributed by atoms with Gasteiger partial charge < -0.3 is 10.0 Å². The molecule has 1 heterocycles. The van der Waals surface area contributed by atoms with Crippen molar-refractivity contribution < 1.29 is 18.3 Å². The smallest absolute Gasteiger partial charge is 0.303 e. The SMILES string of the molecule is CCCc1ccc(S(=O)(=O)N2CCN(CCCCC(=O)O)CC2)cc1. The van der Waals surface area contributed by atoms with Crippen LogP contribution in [0.2, 0.25) is 0 Å². The molecular formula is C18H28N2O4S. The number of sulfonamides is 1. The van der Waals surface area contributed by atoms with Crippen molar-refractivity contribution in [3.63, 3.8) is 0 Å². The maximum atomic E-state index is 12.7. The number of rotatable bonds is 9. The minimum absolute atomic E-state index is 0.197. The molecule has 1 aliphatic heterocycles. The molecule has 0 aliphatic carbocycles. The van der Waals surface area contributed by atoms with Crippen LogP contribution in [0.1, 0.15) is 38.2 Å². The number of benzene rings is 1. The quantitative estimate of drug-likeness (QED) is 0.676. The molecule has 1 aromatic carbocycles. The molecule has 0 amide bonds. The molecule has 0 radical (unpaired) electrons.